The van der Waals surface area contributed by atoms with Crippen molar-refractivity contribution in [3.8, 4) is 0 Å². The third-order valence-corrected chi connectivity index (χ3v) is 7.20. The molecule has 7 heteroatoms. The van der Waals surface area contributed by atoms with E-state index in [1.54, 1.807) is 12.2 Å². The summed E-state index contributed by atoms with van der Waals surface area (Å²) in [5.74, 6) is -0.000949. The summed E-state index contributed by atoms with van der Waals surface area (Å²) in [5, 5.41) is 29.8. The van der Waals surface area contributed by atoms with Crippen LogP contribution in [0, 0.1) is 5.92 Å². The molecule has 0 aliphatic carbocycles. The van der Waals surface area contributed by atoms with Crippen LogP contribution in [0.2, 0.25) is 0 Å². The molecule has 3 N–H and O–H groups in total. The van der Waals surface area contributed by atoms with Crippen LogP contribution in [0.25, 0.3) is 0 Å². The van der Waals surface area contributed by atoms with Crippen LogP contribution in [-0.2, 0) is 19.1 Å². The number of rotatable bonds is 29. The van der Waals surface area contributed by atoms with Gasteiger partial charge >= 0.3 is 11.9 Å². The first-order valence-corrected chi connectivity index (χ1v) is 17.3. The van der Waals surface area contributed by atoms with Crippen molar-refractivity contribution in [3.05, 3.63) is 48.6 Å². The van der Waals surface area contributed by atoms with Gasteiger partial charge in [0, 0.05) is 12.8 Å². The molecular weight excluding hydrogens is 556 g/mol. The highest BCUT2D eigenvalue weighted by molar-refractivity contribution is 5.69. The van der Waals surface area contributed by atoms with E-state index >= 15 is 0 Å². The number of carbonyl (C=O) groups excluding carboxylic acids is 2. The molecular formula is C37H64O7. The summed E-state index contributed by atoms with van der Waals surface area (Å²) in [6.07, 6.45) is 29.6. The predicted octanol–water partition coefficient (Wildman–Crippen LogP) is 8.08. The van der Waals surface area contributed by atoms with Gasteiger partial charge in [0.1, 0.15) is 19.3 Å². The monoisotopic (exact) mass is 620 g/mol. The molecule has 0 rings (SSSR count). The number of hydrogen-bond acceptors (Lipinski definition) is 7. The van der Waals surface area contributed by atoms with Gasteiger partial charge in [0.2, 0.25) is 0 Å². The van der Waals surface area contributed by atoms with E-state index in [1.165, 1.54) is 38.5 Å². The molecule has 0 aliphatic heterocycles. The van der Waals surface area contributed by atoms with Gasteiger partial charge in [0.05, 0.1) is 12.2 Å². The molecule has 3 atom stereocenters. The number of aliphatic hydroxyl groups excluding tert-OH is 3. The SMILES string of the molecule is CCCCC[C@H](O)/C=C/C=C\C/C=C\C=C\[C@H](O)CCCC(=O)OC[C@H](O)COC(=O)CCCCCCCCCCC(C)C. The first-order chi connectivity index (χ1) is 21.2. The lowest BCUT2D eigenvalue weighted by atomic mass is 10.0. The van der Waals surface area contributed by atoms with E-state index in [4.69, 9.17) is 9.47 Å². The topological polar surface area (TPSA) is 113 Å². The fourth-order valence-corrected chi connectivity index (χ4v) is 4.48. The predicted molar refractivity (Wildman–Crippen MR) is 180 cm³/mol. The second-order valence-electron chi connectivity index (χ2n) is 12.2. The highest BCUT2D eigenvalue weighted by atomic mass is 16.6. The lowest BCUT2D eigenvalue weighted by Crippen LogP contribution is -2.25. The van der Waals surface area contributed by atoms with Crippen LogP contribution in [-0.4, -0.2) is 58.8 Å². The van der Waals surface area contributed by atoms with Gasteiger partial charge in [-0.15, -0.1) is 0 Å². The van der Waals surface area contributed by atoms with E-state index in [0.717, 1.165) is 57.3 Å². The average Bonchev–Trinajstić information content (AvgIpc) is 2.99. The van der Waals surface area contributed by atoms with E-state index in [0.29, 0.717) is 19.3 Å². The van der Waals surface area contributed by atoms with Crippen molar-refractivity contribution in [1.82, 2.24) is 0 Å². The molecule has 0 amide bonds. The van der Waals surface area contributed by atoms with Crippen molar-refractivity contribution in [2.24, 2.45) is 5.92 Å². The molecule has 0 unspecified atom stereocenters. The second kappa shape index (κ2) is 30.8. The number of carbonyl (C=O) groups is 2. The van der Waals surface area contributed by atoms with Crippen molar-refractivity contribution >= 4 is 11.9 Å². The van der Waals surface area contributed by atoms with Gasteiger partial charge in [0.15, 0.2) is 0 Å². The molecule has 0 aliphatic rings. The number of ether oxygens (including phenoxy) is 2. The Kier molecular flexibility index (Phi) is 29.2. The summed E-state index contributed by atoms with van der Waals surface area (Å²) >= 11 is 0. The summed E-state index contributed by atoms with van der Waals surface area (Å²) in [4.78, 5) is 23.8. The minimum atomic E-state index is -1.05. The van der Waals surface area contributed by atoms with Crippen LogP contribution >= 0.6 is 0 Å². The van der Waals surface area contributed by atoms with Crippen LogP contribution < -0.4 is 0 Å². The highest BCUT2D eigenvalue weighted by Crippen LogP contribution is 2.13. The first-order valence-electron chi connectivity index (χ1n) is 17.3. The van der Waals surface area contributed by atoms with Gasteiger partial charge in [-0.3, -0.25) is 9.59 Å². The normalized spacial score (nSPS) is 14.3. The summed E-state index contributed by atoms with van der Waals surface area (Å²) < 4.78 is 10.2. The Morgan fingerprint density at radius 1 is 0.591 bits per heavy atom. The molecule has 0 bridgehead atoms. The number of hydrogen-bond donors (Lipinski definition) is 3. The molecule has 0 fully saturated rings. The Morgan fingerprint density at radius 2 is 1.05 bits per heavy atom. The Labute approximate surface area is 268 Å². The Morgan fingerprint density at radius 3 is 1.57 bits per heavy atom. The summed E-state index contributed by atoms with van der Waals surface area (Å²) in [5.41, 5.74) is 0. The van der Waals surface area contributed by atoms with Gasteiger partial charge in [-0.1, -0.05) is 140 Å². The van der Waals surface area contributed by atoms with Crippen molar-refractivity contribution in [2.45, 2.75) is 155 Å². The molecule has 0 aromatic heterocycles. The number of unbranched alkanes of at least 4 members (excludes halogenated alkanes) is 9. The van der Waals surface area contributed by atoms with Crippen LogP contribution in [0.15, 0.2) is 48.6 Å². The number of aliphatic hydroxyl groups is 3. The minimum Gasteiger partial charge on any atom is -0.463 e. The Hall–Kier alpha value is -2.22. The first kappa shape index (κ1) is 41.8. The van der Waals surface area contributed by atoms with Crippen molar-refractivity contribution < 1.29 is 34.4 Å². The lowest BCUT2D eigenvalue weighted by molar-refractivity contribution is -0.152. The molecule has 7 nitrogen and oxygen atoms in total. The van der Waals surface area contributed by atoms with Gasteiger partial charge in [-0.25, -0.2) is 0 Å². The quantitative estimate of drug-likeness (QED) is 0.0440. The Bertz CT molecular complexity index is 800. The summed E-state index contributed by atoms with van der Waals surface area (Å²) in [6, 6.07) is 0. The van der Waals surface area contributed by atoms with E-state index in [-0.39, 0.29) is 31.7 Å². The van der Waals surface area contributed by atoms with E-state index in [9.17, 15) is 24.9 Å². The maximum atomic E-state index is 11.9. The average molecular weight is 621 g/mol. The Balaban J connectivity index is 3.76. The zero-order chi connectivity index (χ0) is 32.7. The van der Waals surface area contributed by atoms with Crippen molar-refractivity contribution in [1.29, 1.82) is 0 Å². The molecule has 0 spiro atoms. The second-order valence-corrected chi connectivity index (χ2v) is 12.2. The molecule has 254 valence electrons. The van der Waals surface area contributed by atoms with Crippen molar-refractivity contribution in [3.63, 3.8) is 0 Å². The summed E-state index contributed by atoms with van der Waals surface area (Å²) in [7, 11) is 0. The van der Waals surface area contributed by atoms with Crippen LogP contribution in [0.1, 0.15) is 136 Å². The van der Waals surface area contributed by atoms with Crippen LogP contribution in [0.3, 0.4) is 0 Å². The fourth-order valence-electron chi connectivity index (χ4n) is 4.48. The van der Waals surface area contributed by atoms with E-state index in [1.807, 2.05) is 36.5 Å². The van der Waals surface area contributed by atoms with E-state index < -0.39 is 18.2 Å². The van der Waals surface area contributed by atoms with Crippen molar-refractivity contribution in [2.75, 3.05) is 13.2 Å². The molecule has 0 saturated heterocycles. The number of allylic oxidation sites excluding steroid dienone is 6. The third-order valence-electron chi connectivity index (χ3n) is 7.20. The largest absolute Gasteiger partial charge is 0.463 e. The maximum Gasteiger partial charge on any atom is 0.305 e. The number of esters is 2. The molecule has 0 saturated carbocycles. The van der Waals surface area contributed by atoms with Gasteiger partial charge < -0.3 is 24.8 Å². The molecule has 0 heterocycles. The van der Waals surface area contributed by atoms with Crippen LogP contribution in [0.5, 0.6) is 0 Å². The van der Waals surface area contributed by atoms with Gasteiger partial charge in [0.25, 0.3) is 0 Å². The highest BCUT2D eigenvalue weighted by Gasteiger charge is 2.12. The zero-order valence-electron chi connectivity index (χ0n) is 28.0. The third kappa shape index (κ3) is 31.2. The summed E-state index contributed by atoms with van der Waals surface area (Å²) in [6.45, 7) is 6.27. The molecule has 0 radical (unpaired) electrons. The fraction of sp³-hybridized carbons (Fsp3) is 0.730. The van der Waals surface area contributed by atoms with Gasteiger partial charge in [-0.05, 0) is 38.0 Å². The molecule has 0 aromatic rings. The zero-order valence-corrected chi connectivity index (χ0v) is 28.0. The maximum absolute atomic E-state index is 11.9. The molecule has 44 heavy (non-hydrogen) atoms. The van der Waals surface area contributed by atoms with E-state index in [2.05, 4.69) is 20.8 Å². The smallest absolute Gasteiger partial charge is 0.305 e. The van der Waals surface area contributed by atoms with Crippen LogP contribution in [0.4, 0.5) is 0 Å². The lowest BCUT2D eigenvalue weighted by Gasteiger charge is -2.12. The van der Waals surface area contributed by atoms with Gasteiger partial charge in [-0.2, -0.15) is 0 Å². The molecule has 0 aromatic carbocycles. The minimum absolute atomic E-state index is 0.136. The standard InChI is InChI=1S/C37H64O7/c1-4-5-17-24-33(38)25-19-14-10-8-11-15-20-26-34(39)27-22-29-37(42)44-31-35(40)30-43-36(41)28-21-16-12-7-6-9-13-18-23-32(2)3/h10-11,14-15,19-20,25-26,32-35,38-40H,4-9,12-13,16-18,21-24,27-31H2,1-3H3/b14-10-,15-11-,25-19+,26-20+/t33-,34-,35+/m0/s1.